The Kier molecular flexibility index (Phi) is 9.67. The van der Waals surface area contributed by atoms with Crippen molar-refractivity contribution in [2.24, 2.45) is 5.92 Å². The first-order chi connectivity index (χ1) is 16.7. The Balaban J connectivity index is 1.49. The average molecular weight is 480 g/mol. The molecule has 1 unspecified atom stereocenters. The zero-order valence-electron chi connectivity index (χ0n) is 21.8. The van der Waals surface area contributed by atoms with Gasteiger partial charge in [0.15, 0.2) is 0 Å². The second kappa shape index (κ2) is 12.5. The van der Waals surface area contributed by atoms with Crippen LogP contribution in [0.25, 0.3) is 6.08 Å². The summed E-state index contributed by atoms with van der Waals surface area (Å²) in [4.78, 5) is 11.7. The fourth-order valence-corrected chi connectivity index (χ4v) is 5.13. The largest absolute Gasteiger partial charge is 0.463 e. The molecule has 0 amide bonds. The minimum Gasteiger partial charge on any atom is -0.463 e. The molecule has 2 aromatic carbocycles. The van der Waals surface area contributed by atoms with Crippen molar-refractivity contribution in [2.45, 2.75) is 71.6 Å². The molecule has 0 fully saturated rings. The third-order valence-electron chi connectivity index (χ3n) is 6.74. The summed E-state index contributed by atoms with van der Waals surface area (Å²) in [6.07, 6.45) is 5.70. The van der Waals surface area contributed by atoms with Crippen LogP contribution in [0.4, 0.5) is 0 Å². The number of benzene rings is 2. The first-order valence-corrected chi connectivity index (χ1v) is 12.7. The monoisotopic (exact) mass is 479 g/mol. The highest BCUT2D eigenvalue weighted by Crippen LogP contribution is 2.32. The number of aliphatic hydroxyl groups excluding tert-OH is 1. The van der Waals surface area contributed by atoms with Gasteiger partial charge < -0.3 is 19.9 Å². The van der Waals surface area contributed by atoms with Gasteiger partial charge in [-0.1, -0.05) is 42.5 Å². The van der Waals surface area contributed by atoms with Crippen molar-refractivity contribution >= 4 is 12.0 Å². The number of ether oxygens (including phenoxy) is 2. The lowest BCUT2D eigenvalue weighted by atomic mass is 9.88. The molecule has 0 saturated heterocycles. The highest BCUT2D eigenvalue weighted by Gasteiger charge is 2.28. The maximum Gasteiger partial charge on any atom is 0.330 e. The quantitative estimate of drug-likeness (QED) is 0.324. The van der Waals surface area contributed by atoms with Crippen molar-refractivity contribution < 1.29 is 19.4 Å². The summed E-state index contributed by atoms with van der Waals surface area (Å²) in [5.41, 5.74) is 5.88. The molecule has 0 saturated carbocycles. The molecule has 2 N–H and O–H groups in total. The van der Waals surface area contributed by atoms with Gasteiger partial charge in [0.25, 0.3) is 0 Å². The zero-order chi connectivity index (χ0) is 25.4. The summed E-state index contributed by atoms with van der Waals surface area (Å²) in [6, 6.07) is 14.7. The maximum atomic E-state index is 11.7. The van der Waals surface area contributed by atoms with Crippen LogP contribution in [-0.4, -0.2) is 42.5 Å². The standard InChI is InChI=1S/C30H41NO4/c1-6-34-28(33)15-14-24-13-9-10-21(2)29(24)22(3)35-20-27(32)19-31-30(4,5)18-23-16-25-11-7-8-12-26(25)17-23/h7-15,22-23,27,31-32H,6,16-20H2,1-5H3/t22?,27-/m1/s1. The molecular weight excluding hydrogens is 438 g/mol. The molecule has 0 aromatic heterocycles. The van der Waals surface area contributed by atoms with Gasteiger partial charge in [-0.15, -0.1) is 0 Å². The fourth-order valence-electron chi connectivity index (χ4n) is 5.13. The van der Waals surface area contributed by atoms with Gasteiger partial charge in [0.1, 0.15) is 0 Å². The number of β-amino-alcohol motifs (C(OH)–C–C–N with tert-alkyl or cyclic N) is 1. The lowest BCUT2D eigenvalue weighted by Gasteiger charge is -2.31. The number of hydrogen-bond donors (Lipinski definition) is 2. The van der Waals surface area contributed by atoms with Crippen LogP contribution in [0, 0.1) is 12.8 Å². The van der Waals surface area contributed by atoms with Gasteiger partial charge in [0.2, 0.25) is 0 Å². The van der Waals surface area contributed by atoms with Crippen LogP contribution in [0.5, 0.6) is 0 Å². The Morgan fingerprint density at radius 2 is 1.86 bits per heavy atom. The SMILES string of the molecule is CCOC(=O)C=Cc1cccc(C)c1C(C)OC[C@H](O)CNC(C)(C)CC1Cc2ccccc2C1. The van der Waals surface area contributed by atoms with Gasteiger partial charge >= 0.3 is 5.97 Å². The molecule has 3 rings (SSSR count). The zero-order valence-corrected chi connectivity index (χ0v) is 21.8. The molecule has 35 heavy (non-hydrogen) atoms. The van der Waals surface area contributed by atoms with Crippen molar-refractivity contribution in [3.05, 3.63) is 76.4 Å². The van der Waals surface area contributed by atoms with Crippen LogP contribution in [0.3, 0.4) is 0 Å². The molecule has 2 aromatic rings. The summed E-state index contributed by atoms with van der Waals surface area (Å²) in [7, 11) is 0. The fraction of sp³-hybridized carbons (Fsp3) is 0.500. The van der Waals surface area contributed by atoms with E-state index in [1.807, 2.05) is 32.0 Å². The second-order valence-electron chi connectivity index (χ2n) is 10.3. The van der Waals surface area contributed by atoms with Crippen LogP contribution in [0.1, 0.15) is 68.0 Å². The van der Waals surface area contributed by atoms with Gasteiger partial charge in [0.05, 0.1) is 25.4 Å². The van der Waals surface area contributed by atoms with Crippen LogP contribution < -0.4 is 5.32 Å². The Morgan fingerprint density at radius 1 is 1.17 bits per heavy atom. The first kappa shape index (κ1) is 27.1. The first-order valence-electron chi connectivity index (χ1n) is 12.7. The predicted molar refractivity (Wildman–Crippen MR) is 141 cm³/mol. The van der Waals surface area contributed by atoms with Crippen molar-refractivity contribution in [3.63, 3.8) is 0 Å². The Bertz CT molecular complexity index is 988. The summed E-state index contributed by atoms with van der Waals surface area (Å²) < 4.78 is 11.1. The van der Waals surface area contributed by atoms with Gasteiger partial charge in [-0.3, -0.25) is 0 Å². The van der Waals surface area contributed by atoms with Crippen molar-refractivity contribution in [1.82, 2.24) is 5.32 Å². The number of esters is 1. The number of aliphatic hydroxyl groups is 1. The molecular formula is C30H41NO4. The number of fused-ring (bicyclic) bond motifs is 1. The number of carbonyl (C=O) groups excluding carboxylic acids is 1. The average Bonchev–Trinajstić information content (AvgIpc) is 3.21. The summed E-state index contributed by atoms with van der Waals surface area (Å²) >= 11 is 0. The minimum absolute atomic E-state index is 0.0691. The van der Waals surface area contributed by atoms with E-state index in [1.165, 1.54) is 17.2 Å². The van der Waals surface area contributed by atoms with Crippen molar-refractivity contribution in [2.75, 3.05) is 19.8 Å². The van der Waals surface area contributed by atoms with Crippen molar-refractivity contribution in [1.29, 1.82) is 0 Å². The maximum absolute atomic E-state index is 11.7. The van der Waals surface area contributed by atoms with E-state index in [-0.39, 0.29) is 24.2 Å². The van der Waals surface area contributed by atoms with E-state index in [1.54, 1.807) is 13.0 Å². The molecule has 0 radical (unpaired) electrons. The van der Waals surface area contributed by atoms with E-state index >= 15 is 0 Å². The highest BCUT2D eigenvalue weighted by molar-refractivity contribution is 5.87. The minimum atomic E-state index is -0.611. The molecule has 0 bridgehead atoms. The van der Waals surface area contributed by atoms with Gasteiger partial charge in [0, 0.05) is 18.2 Å². The lowest BCUT2D eigenvalue weighted by molar-refractivity contribution is -0.137. The summed E-state index contributed by atoms with van der Waals surface area (Å²) in [5, 5.41) is 14.2. The van der Waals surface area contributed by atoms with Crippen LogP contribution >= 0.6 is 0 Å². The molecule has 5 heteroatoms. The highest BCUT2D eigenvalue weighted by atomic mass is 16.5. The lowest BCUT2D eigenvalue weighted by Crippen LogP contribution is -2.45. The van der Waals surface area contributed by atoms with Gasteiger partial charge in [-0.05, 0) is 93.7 Å². The Morgan fingerprint density at radius 3 is 2.51 bits per heavy atom. The van der Waals surface area contributed by atoms with E-state index in [9.17, 15) is 9.90 Å². The third kappa shape index (κ3) is 8.03. The molecule has 0 spiro atoms. The van der Waals surface area contributed by atoms with Gasteiger partial charge in [-0.2, -0.15) is 0 Å². The van der Waals surface area contributed by atoms with Crippen LogP contribution in [-0.2, 0) is 27.1 Å². The number of carbonyl (C=O) groups is 1. The third-order valence-corrected chi connectivity index (χ3v) is 6.74. The molecule has 5 nitrogen and oxygen atoms in total. The number of aryl methyl sites for hydroxylation is 1. The van der Waals surface area contributed by atoms with Crippen molar-refractivity contribution in [3.8, 4) is 0 Å². The predicted octanol–water partition coefficient (Wildman–Crippen LogP) is 5.18. The molecule has 190 valence electrons. The molecule has 1 aliphatic carbocycles. The van der Waals surface area contributed by atoms with E-state index < -0.39 is 6.10 Å². The van der Waals surface area contributed by atoms with E-state index in [0.29, 0.717) is 19.1 Å². The number of nitrogens with one attached hydrogen (secondary N) is 1. The van der Waals surface area contributed by atoms with E-state index in [4.69, 9.17) is 9.47 Å². The van der Waals surface area contributed by atoms with Crippen LogP contribution in [0.15, 0.2) is 48.5 Å². The Labute approximate surface area is 210 Å². The second-order valence-corrected chi connectivity index (χ2v) is 10.3. The molecule has 2 atom stereocenters. The number of hydrogen-bond acceptors (Lipinski definition) is 5. The van der Waals surface area contributed by atoms with Gasteiger partial charge in [-0.25, -0.2) is 4.79 Å². The normalized spacial score (nSPS) is 15.8. The number of rotatable bonds is 12. The van der Waals surface area contributed by atoms with Crippen LogP contribution in [0.2, 0.25) is 0 Å². The summed E-state index contributed by atoms with van der Waals surface area (Å²) in [5.74, 6) is 0.268. The smallest absolute Gasteiger partial charge is 0.330 e. The molecule has 0 aliphatic heterocycles. The van der Waals surface area contributed by atoms with E-state index in [0.717, 1.165) is 36.0 Å². The molecule has 1 aliphatic rings. The topological polar surface area (TPSA) is 67.8 Å². The van der Waals surface area contributed by atoms with E-state index in [2.05, 4.69) is 43.4 Å². The summed E-state index contributed by atoms with van der Waals surface area (Å²) in [6.45, 7) is 11.3. The Hall–Kier alpha value is -2.47. The molecule has 0 heterocycles.